The van der Waals surface area contributed by atoms with Crippen LogP contribution < -0.4 is 5.32 Å². The summed E-state index contributed by atoms with van der Waals surface area (Å²) in [5.74, 6) is 0.299. The van der Waals surface area contributed by atoms with E-state index in [0.29, 0.717) is 11.4 Å². The van der Waals surface area contributed by atoms with Crippen LogP contribution in [-0.2, 0) is 21.4 Å². The Morgan fingerprint density at radius 1 is 1.18 bits per heavy atom. The highest BCUT2D eigenvalue weighted by Gasteiger charge is 2.19. The Bertz CT molecular complexity index is 696. The van der Waals surface area contributed by atoms with Gasteiger partial charge in [0.1, 0.15) is 5.76 Å². The fraction of sp³-hybridized carbons (Fsp3) is 0.267. The van der Waals surface area contributed by atoms with Crippen LogP contribution in [0.3, 0.4) is 0 Å². The van der Waals surface area contributed by atoms with Gasteiger partial charge in [0.15, 0.2) is 0 Å². The van der Waals surface area contributed by atoms with E-state index in [9.17, 15) is 13.2 Å². The number of anilines is 1. The average molecular weight is 322 g/mol. The summed E-state index contributed by atoms with van der Waals surface area (Å²) in [6.45, 7) is 0.211. The number of nitrogens with zero attached hydrogens (tertiary/aromatic N) is 1. The largest absolute Gasteiger partial charge is 0.468 e. The first-order valence-electron chi connectivity index (χ1n) is 6.77. The zero-order valence-electron chi connectivity index (χ0n) is 12.2. The summed E-state index contributed by atoms with van der Waals surface area (Å²) < 4.78 is 29.9. The van der Waals surface area contributed by atoms with Gasteiger partial charge in [0.2, 0.25) is 15.9 Å². The Morgan fingerprint density at radius 3 is 2.50 bits per heavy atom. The predicted molar refractivity (Wildman–Crippen MR) is 83.7 cm³/mol. The Hall–Kier alpha value is -2.12. The average Bonchev–Trinajstić information content (AvgIpc) is 2.96. The van der Waals surface area contributed by atoms with Crippen LogP contribution in [0.1, 0.15) is 12.2 Å². The van der Waals surface area contributed by atoms with Gasteiger partial charge in [0.05, 0.1) is 19.1 Å². The molecule has 1 amide bonds. The molecule has 1 N–H and O–H groups in total. The monoisotopic (exact) mass is 322 g/mol. The molecular weight excluding hydrogens is 304 g/mol. The van der Waals surface area contributed by atoms with Crippen molar-refractivity contribution in [2.75, 3.05) is 18.1 Å². The van der Waals surface area contributed by atoms with Crippen molar-refractivity contribution in [3.8, 4) is 0 Å². The van der Waals surface area contributed by atoms with Gasteiger partial charge in [-0.2, -0.15) is 4.31 Å². The molecule has 0 bridgehead atoms. The van der Waals surface area contributed by atoms with E-state index >= 15 is 0 Å². The first-order chi connectivity index (χ1) is 10.4. The third-order valence-corrected chi connectivity index (χ3v) is 4.28. The van der Waals surface area contributed by atoms with E-state index in [2.05, 4.69) is 5.32 Å². The zero-order chi connectivity index (χ0) is 16.0. The van der Waals surface area contributed by atoms with Crippen LogP contribution in [0, 0.1) is 0 Å². The molecule has 0 spiro atoms. The highest BCUT2D eigenvalue weighted by molar-refractivity contribution is 7.88. The fourth-order valence-electron chi connectivity index (χ4n) is 1.91. The molecule has 0 aliphatic rings. The second kappa shape index (κ2) is 7.24. The van der Waals surface area contributed by atoms with Crippen molar-refractivity contribution in [3.63, 3.8) is 0 Å². The second-order valence-corrected chi connectivity index (χ2v) is 6.82. The fourth-order valence-corrected chi connectivity index (χ4v) is 2.69. The molecule has 1 aromatic heterocycles. The van der Waals surface area contributed by atoms with Crippen molar-refractivity contribution in [1.82, 2.24) is 4.31 Å². The minimum absolute atomic E-state index is 0.0721. The summed E-state index contributed by atoms with van der Waals surface area (Å²) in [6, 6.07) is 12.4. The highest BCUT2D eigenvalue weighted by Crippen LogP contribution is 2.11. The molecule has 1 aromatic carbocycles. The molecule has 2 rings (SSSR count). The number of nitrogens with one attached hydrogen (secondary N) is 1. The Morgan fingerprint density at radius 2 is 1.91 bits per heavy atom. The lowest BCUT2D eigenvalue weighted by molar-refractivity contribution is -0.116. The third-order valence-electron chi connectivity index (χ3n) is 3.03. The molecule has 0 aliphatic carbocycles. The maximum atomic E-state index is 11.9. The number of hydrogen-bond donors (Lipinski definition) is 1. The summed E-state index contributed by atoms with van der Waals surface area (Å²) in [7, 11) is -3.42. The van der Waals surface area contributed by atoms with Crippen LogP contribution in [0.2, 0.25) is 0 Å². The van der Waals surface area contributed by atoms with Gasteiger partial charge < -0.3 is 9.73 Å². The zero-order valence-corrected chi connectivity index (χ0v) is 13.0. The van der Waals surface area contributed by atoms with Crippen molar-refractivity contribution in [1.29, 1.82) is 0 Å². The lowest BCUT2D eigenvalue weighted by Crippen LogP contribution is -2.32. The lowest BCUT2D eigenvalue weighted by Gasteiger charge is -2.18. The van der Waals surface area contributed by atoms with Crippen molar-refractivity contribution in [3.05, 3.63) is 54.5 Å². The van der Waals surface area contributed by atoms with Crippen LogP contribution in [-0.4, -0.2) is 31.4 Å². The molecule has 0 saturated carbocycles. The maximum Gasteiger partial charge on any atom is 0.225 e. The van der Waals surface area contributed by atoms with E-state index in [1.807, 2.05) is 18.2 Å². The number of hydrogen-bond acceptors (Lipinski definition) is 4. The van der Waals surface area contributed by atoms with E-state index in [4.69, 9.17) is 4.42 Å². The van der Waals surface area contributed by atoms with Gasteiger partial charge >= 0.3 is 0 Å². The van der Waals surface area contributed by atoms with Gasteiger partial charge in [-0.3, -0.25) is 4.79 Å². The Labute approximate surface area is 129 Å². The second-order valence-electron chi connectivity index (χ2n) is 4.84. The summed E-state index contributed by atoms with van der Waals surface area (Å²) in [6.07, 6.45) is 2.67. The van der Waals surface area contributed by atoms with Crippen molar-refractivity contribution in [2.24, 2.45) is 0 Å². The summed E-state index contributed by atoms with van der Waals surface area (Å²) in [5, 5.41) is 2.72. The minimum atomic E-state index is -3.42. The number of benzene rings is 1. The molecule has 0 saturated heterocycles. The van der Waals surface area contributed by atoms with Crippen LogP contribution in [0.15, 0.2) is 53.1 Å². The van der Waals surface area contributed by atoms with Gasteiger partial charge in [-0.05, 0) is 24.3 Å². The van der Waals surface area contributed by atoms with E-state index in [-0.39, 0.29) is 25.4 Å². The molecule has 0 atom stereocenters. The molecule has 0 radical (unpaired) electrons. The normalized spacial score (nSPS) is 11.5. The number of para-hydroxylation sites is 1. The molecule has 118 valence electrons. The predicted octanol–water partition coefficient (Wildman–Crippen LogP) is 2.07. The SMILES string of the molecule is CS(=O)(=O)N(CCC(=O)Nc1ccccc1)Cc1ccco1. The third kappa shape index (κ3) is 5.01. The Balaban J connectivity index is 1.92. The van der Waals surface area contributed by atoms with Gasteiger partial charge in [-0.15, -0.1) is 0 Å². The van der Waals surface area contributed by atoms with Crippen molar-refractivity contribution >= 4 is 21.6 Å². The minimum Gasteiger partial charge on any atom is -0.468 e. The number of furan rings is 1. The Kier molecular flexibility index (Phi) is 5.35. The first-order valence-corrected chi connectivity index (χ1v) is 8.62. The van der Waals surface area contributed by atoms with Gasteiger partial charge in [0.25, 0.3) is 0 Å². The molecule has 1 heterocycles. The quantitative estimate of drug-likeness (QED) is 0.846. The van der Waals surface area contributed by atoms with Crippen LogP contribution >= 0.6 is 0 Å². The summed E-state index contributed by atoms with van der Waals surface area (Å²) in [4.78, 5) is 11.9. The number of amides is 1. The van der Waals surface area contributed by atoms with Crippen LogP contribution in [0.25, 0.3) is 0 Å². The maximum absolute atomic E-state index is 11.9. The van der Waals surface area contributed by atoms with Gasteiger partial charge in [0, 0.05) is 18.7 Å². The summed E-state index contributed by atoms with van der Waals surface area (Å²) in [5.41, 5.74) is 0.685. The van der Waals surface area contributed by atoms with Gasteiger partial charge in [-0.1, -0.05) is 18.2 Å². The van der Waals surface area contributed by atoms with Gasteiger partial charge in [-0.25, -0.2) is 8.42 Å². The smallest absolute Gasteiger partial charge is 0.225 e. The van der Waals surface area contributed by atoms with E-state index in [1.165, 1.54) is 10.6 Å². The molecule has 0 unspecified atom stereocenters. The molecule has 7 heteroatoms. The lowest BCUT2D eigenvalue weighted by atomic mass is 10.3. The van der Waals surface area contributed by atoms with Crippen LogP contribution in [0.4, 0.5) is 5.69 Å². The molecular formula is C15H18N2O4S. The van der Waals surface area contributed by atoms with Crippen molar-refractivity contribution < 1.29 is 17.6 Å². The molecule has 2 aromatic rings. The van der Waals surface area contributed by atoms with E-state index in [1.54, 1.807) is 24.3 Å². The summed E-state index contributed by atoms with van der Waals surface area (Å²) >= 11 is 0. The molecule has 6 nitrogen and oxygen atoms in total. The standard InChI is InChI=1S/C15H18N2O4S/c1-22(19,20)17(12-14-8-5-11-21-14)10-9-15(18)16-13-6-3-2-4-7-13/h2-8,11H,9-10,12H2,1H3,(H,16,18). The molecule has 22 heavy (non-hydrogen) atoms. The number of carbonyl (C=O) groups is 1. The molecule has 0 aliphatic heterocycles. The van der Waals surface area contributed by atoms with E-state index in [0.717, 1.165) is 6.26 Å². The van der Waals surface area contributed by atoms with E-state index < -0.39 is 10.0 Å². The van der Waals surface area contributed by atoms with Crippen molar-refractivity contribution in [2.45, 2.75) is 13.0 Å². The molecule has 0 fully saturated rings. The number of sulfonamides is 1. The number of carbonyl (C=O) groups excluding carboxylic acids is 1. The highest BCUT2D eigenvalue weighted by atomic mass is 32.2. The first kappa shape index (κ1) is 16.3. The topological polar surface area (TPSA) is 79.6 Å². The number of rotatable bonds is 7. The van der Waals surface area contributed by atoms with Crippen LogP contribution in [0.5, 0.6) is 0 Å².